The Morgan fingerprint density at radius 1 is 1.21 bits per heavy atom. The highest BCUT2D eigenvalue weighted by Crippen LogP contribution is 2.33. The Morgan fingerprint density at radius 3 is 2.50 bits per heavy atom. The van der Waals surface area contributed by atoms with Crippen molar-refractivity contribution in [3.05, 3.63) is 28.8 Å². The lowest BCUT2D eigenvalue weighted by Crippen LogP contribution is -2.44. The second-order valence-corrected chi connectivity index (χ2v) is 9.44. The van der Waals surface area contributed by atoms with Crippen molar-refractivity contribution in [1.29, 1.82) is 0 Å². The van der Waals surface area contributed by atoms with Crippen molar-refractivity contribution in [3.8, 4) is 11.8 Å². The lowest BCUT2D eigenvalue weighted by atomic mass is 9.88. The Hall–Kier alpha value is -2.11. The minimum Gasteiger partial charge on any atom is -0.383 e. The molecule has 1 aliphatic carbocycles. The Balaban J connectivity index is 1.76. The number of morpholine rings is 1. The van der Waals surface area contributed by atoms with Crippen molar-refractivity contribution in [2.45, 2.75) is 51.6 Å². The van der Waals surface area contributed by atoms with Crippen LogP contribution < -0.4 is 10.6 Å². The minimum atomic E-state index is -0.393. The number of nitrogens with two attached hydrogens (primary N) is 1. The summed E-state index contributed by atoms with van der Waals surface area (Å²) in [5.41, 5.74) is 9.23. The van der Waals surface area contributed by atoms with E-state index in [0.29, 0.717) is 24.2 Å². The van der Waals surface area contributed by atoms with Crippen LogP contribution in [0.5, 0.6) is 0 Å². The average Bonchev–Trinajstić information content (AvgIpc) is 2.85. The number of ether oxygens (including phenoxy) is 2. The molecule has 3 rings (SSSR count). The Morgan fingerprint density at radius 2 is 1.88 bits per heavy atom. The molecule has 0 spiro atoms. The predicted octanol–water partition coefficient (Wildman–Crippen LogP) is 2.49. The van der Waals surface area contributed by atoms with Crippen LogP contribution in [0, 0.1) is 18.8 Å². The van der Waals surface area contributed by atoms with Gasteiger partial charge in [-0.2, -0.15) is 0 Å². The van der Waals surface area contributed by atoms with Gasteiger partial charge in [0.15, 0.2) is 0 Å². The summed E-state index contributed by atoms with van der Waals surface area (Å²) in [6.45, 7) is 10.9. The summed E-state index contributed by atoms with van der Waals surface area (Å²) >= 11 is 0. The maximum Gasteiger partial charge on any atom is 0.249 e. The fourth-order valence-electron chi connectivity index (χ4n) is 5.19. The van der Waals surface area contributed by atoms with Gasteiger partial charge in [-0.15, -0.1) is 0 Å². The third-order valence-corrected chi connectivity index (χ3v) is 7.31. The smallest absolute Gasteiger partial charge is 0.249 e. The fraction of sp³-hybridized carbons (Fsp3) is 0.667. The van der Waals surface area contributed by atoms with E-state index in [1.165, 1.54) is 12.8 Å². The van der Waals surface area contributed by atoms with E-state index in [4.69, 9.17) is 15.2 Å². The highest BCUT2D eigenvalue weighted by atomic mass is 16.5. The summed E-state index contributed by atoms with van der Waals surface area (Å²) in [5.74, 6) is 6.19. The first kappa shape index (κ1) is 26.5. The molecule has 1 heterocycles. The van der Waals surface area contributed by atoms with Crippen LogP contribution in [-0.2, 0) is 9.47 Å². The van der Waals surface area contributed by atoms with Crippen molar-refractivity contribution in [2.24, 2.45) is 5.73 Å². The van der Waals surface area contributed by atoms with Crippen LogP contribution in [0.3, 0.4) is 0 Å². The summed E-state index contributed by atoms with van der Waals surface area (Å²) < 4.78 is 10.7. The zero-order valence-electron chi connectivity index (χ0n) is 21.4. The van der Waals surface area contributed by atoms with Crippen LogP contribution in [0.15, 0.2) is 12.1 Å². The maximum atomic E-state index is 12.3. The van der Waals surface area contributed by atoms with Crippen LogP contribution in [0.1, 0.15) is 54.1 Å². The molecule has 0 unspecified atom stereocenters. The van der Waals surface area contributed by atoms with Gasteiger partial charge in [0, 0.05) is 62.2 Å². The van der Waals surface area contributed by atoms with Crippen LogP contribution in [-0.4, -0.2) is 94.5 Å². The van der Waals surface area contributed by atoms with E-state index in [0.717, 1.165) is 75.7 Å². The van der Waals surface area contributed by atoms with Gasteiger partial charge in [0.05, 0.1) is 26.4 Å². The van der Waals surface area contributed by atoms with E-state index in [9.17, 15) is 4.79 Å². The Labute approximate surface area is 205 Å². The number of likely N-dealkylation sites (N-methyl/N-ethyl adjacent to an activating group) is 1. The van der Waals surface area contributed by atoms with Gasteiger partial charge in [0.1, 0.15) is 0 Å². The molecule has 0 bridgehead atoms. The molecule has 1 saturated heterocycles. The van der Waals surface area contributed by atoms with Gasteiger partial charge in [0.2, 0.25) is 5.91 Å². The van der Waals surface area contributed by atoms with E-state index in [1.54, 1.807) is 7.11 Å². The van der Waals surface area contributed by atoms with Crippen molar-refractivity contribution < 1.29 is 14.3 Å². The first-order valence-electron chi connectivity index (χ1n) is 12.6. The van der Waals surface area contributed by atoms with Crippen LogP contribution >= 0.6 is 0 Å². The molecule has 188 valence electrons. The molecule has 1 saturated carbocycles. The molecule has 2 aliphatic rings. The summed E-state index contributed by atoms with van der Waals surface area (Å²) in [4.78, 5) is 19.4. The quantitative estimate of drug-likeness (QED) is 0.559. The number of anilines is 1. The van der Waals surface area contributed by atoms with Gasteiger partial charge in [-0.1, -0.05) is 11.8 Å². The highest BCUT2D eigenvalue weighted by Gasteiger charge is 2.28. The van der Waals surface area contributed by atoms with E-state index in [1.807, 2.05) is 13.0 Å². The number of rotatable bonds is 9. The SMILES string of the molecule is CCN(c1cc(C#CCN2CCOCC2)cc(C(N)=O)c1C)C1CCC(N(C)CCOC)CC1. The number of carbonyl (C=O) groups is 1. The largest absolute Gasteiger partial charge is 0.383 e. The standard InChI is InChI=1S/C27H42N4O3/c1-5-31(24-10-8-23(9-11-24)29(3)13-16-33-4)26-20-22(19-25(21(26)2)27(28)32)7-6-12-30-14-17-34-18-15-30/h19-20,23-24H,5,8-18H2,1-4H3,(H2,28,32). The molecule has 2 fully saturated rings. The molecule has 7 heteroatoms. The van der Waals surface area contributed by atoms with Gasteiger partial charge in [-0.25, -0.2) is 0 Å². The maximum absolute atomic E-state index is 12.3. The topological polar surface area (TPSA) is 71.3 Å². The van der Waals surface area contributed by atoms with Crippen LogP contribution in [0.2, 0.25) is 0 Å². The number of primary amides is 1. The van der Waals surface area contributed by atoms with E-state index >= 15 is 0 Å². The van der Waals surface area contributed by atoms with Gasteiger partial charge < -0.3 is 25.0 Å². The van der Waals surface area contributed by atoms with Crippen molar-refractivity contribution >= 4 is 11.6 Å². The van der Waals surface area contributed by atoms with Gasteiger partial charge >= 0.3 is 0 Å². The molecule has 1 aromatic rings. The predicted molar refractivity (Wildman–Crippen MR) is 137 cm³/mol. The molecule has 1 aromatic carbocycles. The van der Waals surface area contributed by atoms with Crippen molar-refractivity contribution in [3.63, 3.8) is 0 Å². The number of hydrogen-bond acceptors (Lipinski definition) is 6. The first-order valence-corrected chi connectivity index (χ1v) is 12.6. The van der Waals surface area contributed by atoms with Crippen LogP contribution in [0.25, 0.3) is 0 Å². The fourth-order valence-corrected chi connectivity index (χ4v) is 5.19. The molecule has 0 aromatic heterocycles. The summed E-state index contributed by atoms with van der Waals surface area (Å²) in [5, 5.41) is 0. The number of amides is 1. The Kier molecular flexibility index (Phi) is 10.2. The monoisotopic (exact) mass is 470 g/mol. The molecule has 2 N–H and O–H groups in total. The van der Waals surface area contributed by atoms with Gasteiger partial charge in [-0.3, -0.25) is 9.69 Å². The molecule has 0 radical (unpaired) electrons. The lowest BCUT2D eigenvalue weighted by Gasteiger charge is -2.41. The molecule has 1 aliphatic heterocycles. The Bertz CT molecular complexity index is 865. The summed E-state index contributed by atoms with van der Waals surface area (Å²) in [6, 6.07) is 5.05. The molecule has 7 nitrogen and oxygen atoms in total. The summed E-state index contributed by atoms with van der Waals surface area (Å²) in [6.07, 6.45) is 4.60. The van der Waals surface area contributed by atoms with Crippen molar-refractivity contribution in [1.82, 2.24) is 9.80 Å². The third kappa shape index (κ3) is 6.96. The number of nitrogens with zero attached hydrogens (tertiary/aromatic N) is 3. The second kappa shape index (κ2) is 13.1. The van der Waals surface area contributed by atoms with Crippen LogP contribution in [0.4, 0.5) is 5.69 Å². The third-order valence-electron chi connectivity index (χ3n) is 7.31. The van der Waals surface area contributed by atoms with Crippen molar-refractivity contribution in [2.75, 3.05) is 71.6 Å². The zero-order chi connectivity index (χ0) is 24.5. The average molecular weight is 471 g/mol. The molecular formula is C27H42N4O3. The number of hydrogen-bond donors (Lipinski definition) is 1. The minimum absolute atomic E-state index is 0.393. The normalized spacial score (nSPS) is 21.2. The number of benzene rings is 1. The highest BCUT2D eigenvalue weighted by molar-refractivity contribution is 5.96. The van der Waals surface area contributed by atoms with Gasteiger partial charge in [-0.05, 0) is 64.3 Å². The van der Waals surface area contributed by atoms with E-state index < -0.39 is 5.91 Å². The lowest BCUT2D eigenvalue weighted by molar-refractivity contribution is 0.0443. The zero-order valence-corrected chi connectivity index (χ0v) is 21.4. The van der Waals surface area contributed by atoms with E-state index in [-0.39, 0.29) is 0 Å². The molecule has 1 amide bonds. The second-order valence-electron chi connectivity index (χ2n) is 9.44. The van der Waals surface area contributed by atoms with E-state index in [2.05, 4.69) is 46.6 Å². The first-order chi connectivity index (χ1) is 16.4. The number of methoxy groups -OCH3 is 1. The molecule has 0 atom stereocenters. The van der Waals surface area contributed by atoms with Gasteiger partial charge in [0.25, 0.3) is 0 Å². The molecular weight excluding hydrogens is 428 g/mol. The summed E-state index contributed by atoms with van der Waals surface area (Å²) in [7, 11) is 3.96. The number of carbonyl (C=O) groups excluding carboxylic acids is 1. The molecule has 34 heavy (non-hydrogen) atoms.